The monoisotopic (exact) mass is 353 g/mol. The summed E-state index contributed by atoms with van der Waals surface area (Å²) in [6, 6.07) is 8.17. The maximum atomic E-state index is 12.1. The fourth-order valence-electron chi connectivity index (χ4n) is 3.54. The van der Waals surface area contributed by atoms with Crippen molar-refractivity contribution in [3.63, 3.8) is 0 Å². The number of piperazine rings is 1. The van der Waals surface area contributed by atoms with Crippen LogP contribution in [-0.4, -0.2) is 66.1 Å². The number of para-hydroxylation sites is 1. The summed E-state index contributed by atoms with van der Waals surface area (Å²) in [6.07, 6.45) is 2.38. The highest BCUT2D eigenvalue weighted by molar-refractivity contribution is 5.74. The van der Waals surface area contributed by atoms with Crippen LogP contribution in [0.2, 0.25) is 0 Å². The molecule has 1 fully saturated rings. The highest BCUT2D eigenvalue weighted by Crippen LogP contribution is 2.31. The summed E-state index contributed by atoms with van der Waals surface area (Å²) in [5.41, 5.74) is 3.23. The van der Waals surface area contributed by atoms with Crippen LogP contribution < -0.4 is 9.64 Å². The van der Waals surface area contributed by atoms with Gasteiger partial charge in [0.25, 0.3) is 0 Å². The summed E-state index contributed by atoms with van der Waals surface area (Å²) < 4.78 is 5.92. The first-order valence-corrected chi connectivity index (χ1v) is 8.88. The molecule has 26 heavy (non-hydrogen) atoms. The number of nitrogens with zero attached hydrogens (tertiary/aromatic N) is 5. The van der Waals surface area contributed by atoms with Gasteiger partial charge in [-0.3, -0.25) is 0 Å². The van der Waals surface area contributed by atoms with Crippen molar-refractivity contribution in [3.8, 4) is 5.75 Å². The van der Waals surface area contributed by atoms with E-state index in [2.05, 4.69) is 20.9 Å². The lowest BCUT2D eigenvalue weighted by Crippen LogP contribution is -2.52. The van der Waals surface area contributed by atoms with E-state index in [1.807, 2.05) is 23.1 Å². The van der Waals surface area contributed by atoms with Crippen LogP contribution in [0.1, 0.15) is 16.8 Å². The minimum absolute atomic E-state index is 0.0634. The van der Waals surface area contributed by atoms with E-state index in [0.717, 1.165) is 47.9 Å². The maximum Gasteiger partial charge on any atom is 0.319 e. The predicted octanol–water partition coefficient (Wildman–Crippen LogP) is 1.76. The fourth-order valence-corrected chi connectivity index (χ4v) is 3.54. The zero-order chi connectivity index (χ0) is 18.1. The molecule has 0 unspecified atom stereocenters. The van der Waals surface area contributed by atoms with Gasteiger partial charge in [-0.15, -0.1) is 0 Å². The Labute approximate surface area is 153 Å². The SMILES string of the molecule is CN(C)C(=O)N1CCN(c2ncnc3c2Cc2ccccc2OC3)CC1. The third kappa shape index (κ3) is 3.05. The highest BCUT2D eigenvalue weighted by Gasteiger charge is 2.26. The molecule has 0 aliphatic carbocycles. The molecule has 2 aliphatic heterocycles. The molecule has 1 aromatic heterocycles. The number of anilines is 1. The van der Waals surface area contributed by atoms with Gasteiger partial charge in [-0.1, -0.05) is 18.2 Å². The van der Waals surface area contributed by atoms with E-state index in [0.29, 0.717) is 19.7 Å². The number of hydrogen-bond acceptors (Lipinski definition) is 5. The molecule has 3 heterocycles. The number of ether oxygens (including phenoxy) is 1. The van der Waals surface area contributed by atoms with E-state index in [1.165, 1.54) is 0 Å². The molecule has 7 heteroatoms. The van der Waals surface area contributed by atoms with Gasteiger partial charge < -0.3 is 19.4 Å². The number of carbonyl (C=O) groups excluding carboxylic acids is 1. The van der Waals surface area contributed by atoms with Crippen molar-refractivity contribution in [2.45, 2.75) is 13.0 Å². The molecular formula is C19H23N5O2. The van der Waals surface area contributed by atoms with Gasteiger partial charge in [-0.2, -0.15) is 0 Å². The fraction of sp³-hybridized carbons (Fsp3) is 0.421. The summed E-state index contributed by atoms with van der Waals surface area (Å²) in [5, 5.41) is 0. The zero-order valence-corrected chi connectivity index (χ0v) is 15.2. The van der Waals surface area contributed by atoms with Crippen LogP contribution in [0.5, 0.6) is 5.75 Å². The summed E-state index contributed by atoms with van der Waals surface area (Å²) in [6.45, 7) is 3.39. The molecule has 1 saturated heterocycles. The van der Waals surface area contributed by atoms with E-state index >= 15 is 0 Å². The van der Waals surface area contributed by atoms with Crippen LogP contribution in [-0.2, 0) is 13.0 Å². The molecule has 0 N–H and O–H groups in total. The van der Waals surface area contributed by atoms with Crippen LogP contribution in [0.3, 0.4) is 0 Å². The Bertz CT molecular complexity index is 815. The van der Waals surface area contributed by atoms with Gasteiger partial charge in [-0.05, 0) is 11.6 Å². The van der Waals surface area contributed by atoms with Crippen molar-refractivity contribution in [1.82, 2.24) is 19.8 Å². The second-order valence-corrected chi connectivity index (χ2v) is 6.85. The number of rotatable bonds is 1. The van der Waals surface area contributed by atoms with Crippen molar-refractivity contribution in [3.05, 3.63) is 47.4 Å². The zero-order valence-electron chi connectivity index (χ0n) is 15.2. The number of fused-ring (bicyclic) bond motifs is 2. The quantitative estimate of drug-likeness (QED) is 0.782. The molecule has 0 saturated carbocycles. The maximum absolute atomic E-state index is 12.1. The molecule has 0 spiro atoms. The third-order valence-corrected chi connectivity index (χ3v) is 4.95. The molecule has 2 aromatic rings. The van der Waals surface area contributed by atoms with Crippen LogP contribution in [0.15, 0.2) is 30.6 Å². The van der Waals surface area contributed by atoms with E-state index in [1.54, 1.807) is 25.3 Å². The predicted molar refractivity (Wildman–Crippen MR) is 98.5 cm³/mol. The number of carbonyl (C=O) groups is 1. The van der Waals surface area contributed by atoms with Gasteiger partial charge in [-0.25, -0.2) is 14.8 Å². The van der Waals surface area contributed by atoms with Crippen LogP contribution in [0.25, 0.3) is 0 Å². The number of hydrogen-bond donors (Lipinski definition) is 0. The average Bonchev–Trinajstić information content (AvgIpc) is 2.86. The first kappa shape index (κ1) is 16.6. The van der Waals surface area contributed by atoms with Crippen molar-refractivity contribution < 1.29 is 9.53 Å². The van der Waals surface area contributed by atoms with Gasteiger partial charge >= 0.3 is 6.03 Å². The smallest absolute Gasteiger partial charge is 0.319 e. The summed E-state index contributed by atoms with van der Waals surface area (Å²) in [7, 11) is 3.58. The van der Waals surface area contributed by atoms with Gasteiger partial charge in [0, 0.05) is 52.3 Å². The molecule has 2 aliphatic rings. The molecule has 1 aromatic carbocycles. The van der Waals surface area contributed by atoms with Gasteiger partial charge in [0.1, 0.15) is 24.5 Å². The lowest BCUT2D eigenvalue weighted by atomic mass is 10.0. The Balaban J connectivity index is 1.58. The number of amides is 2. The number of aromatic nitrogens is 2. The first-order chi connectivity index (χ1) is 12.6. The Morgan fingerprint density at radius 3 is 2.65 bits per heavy atom. The molecule has 4 rings (SSSR count). The molecule has 7 nitrogen and oxygen atoms in total. The molecular weight excluding hydrogens is 330 g/mol. The molecule has 0 atom stereocenters. The average molecular weight is 353 g/mol. The summed E-state index contributed by atoms with van der Waals surface area (Å²) >= 11 is 0. The summed E-state index contributed by atoms with van der Waals surface area (Å²) in [4.78, 5) is 26.9. The van der Waals surface area contributed by atoms with Gasteiger partial charge in [0.15, 0.2) is 0 Å². The number of benzene rings is 1. The lowest BCUT2D eigenvalue weighted by molar-refractivity contribution is 0.168. The van der Waals surface area contributed by atoms with Crippen LogP contribution >= 0.6 is 0 Å². The van der Waals surface area contributed by atoms with Crippen molar-refractivity contribution >= 4 is 11.8 Å². The van der Waals surface area contributed by atoms with Gasteiger partial charge in [0.05, 0.1) is 5.69 Å². The Morgan fingerprint density at radius 2 is 1.88 bits per heavy atom. The molecule has 136 valence electrons. The minimum atomic E-state index is 0.0634. The topological polar surface area (TPSA) is 61.8 Å². The van der Waals surface area contributed by atoms with E-state index in [9.17, 15) is 4.79 Å². The third-order valence-electron chi connectivity index (χ3n) is 4.95. The van der Waals surface area contributed by atoms with Crippen molar-refractivity contribution in [1.29, 1.82) is 0 Å². The van der Waals surface area contributed by atoms with E-state index in [-0.39, 0.29) is 6.03 Å². The van der Waals surface area contributed by atoms with E-state index < -0.39 is 0 Å². The van der Waals surface area contributed by atoms with Gasteiger partial charge in [0.2, 0.25) is 0 Å². The normalized spacial score (nSPS) is 16.2. The van der Waals surface area contributed by atoms with E-state index in [4.69, 9.17) is 4.74 Å². The molecule has 0 radical (unpaired) electrons. The lowest BCUT2D eigenvalue weighted by Gasteiger charge is -2.37. The molecule has 2 amide bonds. The highest BCUT2D eigenvalue weighted by atomic mass is 16.5. The Hall–Kier alpha value is -2.83. The number of urea groups is 1. The minimum Gasteiger partial charge on any atom is -0.487 e. The van der Waals surface area contributed by atoms with Crippen LogP contribution in [0, 0.1) is 0 Å². The largest absolute Gasteiger partial charge is 0.487 e. The summed E-state index contributed by atoms with van der Waals surface area (Å²) in [5.74, 6) is 1.88. The standard InChI is InChI=1S/C19H23N5O2/c1-22(2)19(25)24-9-7-23(8-10-24)18-15-11-14-5-3-4-6-17(14)26-12-16(15)20-13-21-18/h3-6,13H,7-12H2,1-2H3. The molecule has 0 bridgehead atoms. The Morgan fingerprint density at radius 1 is 1.12 bits per heavy atom. The second kappa shape index (κ2) is 6.82. The van der Waals surface area contributed by atoms with Crippen molar-refractivity contribution in [2.75, 3.05) is 45.2 Å². The van der Waals surface area contributed by atoms with Crippen LogP contribution in [0.4, 0.5) is 10.6 Å². The Kier molecular flexibility index (Phi) is 4.36. The first-order valence-electron chi connectivity index (χ1n) is 8.88. The van der Waals surface area contributed by atoms with Crippen molar-refractivity contribution in [2.24, 2.45) is 0 Å². The second-order valence-electron chi connectivity index (χ2n) is 6.85.